The van der Waals surface area contributed by atoms with E-state index < -0.39 is 10.0 Å². The van der Waals surface area contributed by atoms with Gasteiger partial charge in [0.25, 0.3) is 0 Å². The molecule has 7 heteroatoms. The molecule has 0 aliphatic carbocycles. The molecular formula is C14H16BrN3O2S. The first kappa shape index (κ1) is 15.8. The van der Waals surface area contributed by atoms with Gasteiger partial charge in [-0.1, -0.05) is 12.1 Å². The normalized spacial score (nSPS) is 11.4. The molecule has 0 spiro atoms. The maximum absolute atomic E-state index is 12.1. The van der Waals surface area contributed by atoms with Gasteiger partial charge in [0, 0.05) is 10.2 Å². The summed E-state index contributed by atoms with van der Waals surface area (Å²) in [6.45, 7) is 1.96. The van der Waals surface area contributed by atoms with Crippen LogP contribution in [0.15, 0.2) is 45.8 Å². The first-order chi connectivity index (χ1) is 9.85. The smallest absolute Gasteiger partial charge is 0.242 e. The molecule has 112 valence electrons. The van der Waals surface area contributed by atoms with Crippen LogP contribution in [-0.4, -0.2) is 15.5 Å². The average molecular weight is 370 g/mol. The van der Waals surface area contributed by atoms with E-state index in [1.54, 1.807) is 12.1 Å². The molecule has 0 aliphatic rings. The van der Waals surface area contributed by atoms with Gasteiger partial charge in [-0.05, 0) is 59.7 Å². The third-order valence-electron chi connectivity index (χ3n) is 3.03. The minimum atomic E-state index is -3.60. The molecule has 0 aromatic heterocycles. The van der Waals surface area contributed by atoms with Crippen LogP contribution in [0, 0.1) is 6.92 Å². The molecule has 0 bridgehead atoms. The summed E-state index contributed by atoms with van der Waals surface area (Å²) in [7, 11) is -2.24. The molecule has 4 N–H and O–H groups in total. The van der Waals surface area contributed by atoms with Crippen molar-refractivity contribution in [3.8, 4) is 0 Å². The van der Waals surface area contributed by atoms with Gasteiger partial charge in [0.05, 0.1) is 11.4 Å². The molecule has 2 rings (SSSR count). The topological polar surface area (TPSA) is 84.2 Å². The molecule has 2 aromatic rings. The summed E-state index contributed by atoms with van der Waals surface area (Å²) >= 11 is 3.49. The Balaban J connectivity index is 2.53. The number of aryl methyl sites for hydroxylation is 1. The number of sulfonamides is 1. The zero-order valence-electron chi connectivity index (χ0n) is 11.6. The molecule has 0 saturated heterocycles. The molecule has 5 nitrogen and oxygen atoms in total. The van der Waals surface area contributed by atoms with Crippen molar-refractivity contribution < 1.29 is 8.42 Å². The number of hydrogen-bond acceptors (Lipinski definition) is 4. The Morgan fingerprint density at radius 3 is 2.52 bits per heavy atom. The van der Waals surface area contributed by atoms with Gasteiger partial charge >= 0.3 is 0 Å². The summed E-state index contributed by atoms with van der Waals surface area (Å²) in [5.41, 5.74) is 8.38. The van der Waals surface area contributed by atoms with Crippen LogP contribution in [-0.2, 0) is 10.0 Å². The Hall–Kier alpha value is -1.57. The van der Waals surface area contributed by atoms with Crippen LogP contribution in [0.1, 0.15) is 5.56 Å². The summed E-state index contributed by atoms with van der Waals surface area (Å²) in [6.07, 6.45) is 0. The molecule has 2 aromatic carbocycles. The Labute approximate surface area is 132 Å². The Morgan fingerprint density at radius 2 is 1.86 bits per heavy atom. The van der Waals surface area contributed by atoms with Crippen LogP contribution in [0.5, 0.6) is 0 Å². The number of nitrogens with one attached hydrogen (secondary N) is 2. The second kappa shape index (κ2) is 6.05. The van der Waals surface area contributed by atoms with Gasteiger partial charge in [-0.25, -0.2) is 13.1 Å². The lowest BCUT2D eigenvalue weighted by atomic mass is 10.2. The summed E-state index contributed by atoms with van der Waals surface area (Å²) in [6, 6.07) is 10.4. The monoisotopic (exact) mass is 369 g/mol. The minimum Gasteiger partial charge on any atom is -0.399 e. The van der Waals surface area contributed by atoms with Crippen molar-refractivity contribution in [2.75, 3.05) is 18.1 Å². The van der Waals surface area contributed by atoms with Crippen molar-refractivity contribution in [3.05, 3.63) is 46.4 Å². The predicted octanol–water partition coefficient (Wildman–Crippen LogP) is 2.99. The average Bonchev–Trinajstić information content (AvgIpc) is 2.45. The number of hydrogen-bond donors (Lipinski definition) is 3. The predicted molar refractivity (Wildman–Crippen MR) is 89.3 cm³/mol. The molecule has 0 amide bonds. The van der Waals surface area contributed by atoms with Gasteiger partial charge < -0.3 is 11.1 Å². The van der Waals surface area contributed by atoms with E-state index in [-0.39, 0.29) is 4.90 Å². The standard InChI is InChI=1S/C14H16BrN3O2S/c1-9-4-3-5-12(14(9)15)18-11-7-6-10(16)8-13(11)21(19,20)17-2/h3-8,17-18H,16H2,1-2H3. The number of nitrogens with two attached hydrogens (primary N) is 1. The van der Waals surface area contributed by atoms with E-state index in [1.165, 1.54) is 13.1 Å². The maximum Gasteiger partial charge on any atom is 0.242 e. The van der Waals surface area contributed by atoms with E-state index in [4.69, 9.17) is 5.73 Å². The maximum atomic E-state index is 12.1. The number of anilines is 3. The van der Waals surface area contributed by atoms with Crippen LogP contribution in [0.4, 0.5) is 17.1 Å². The molecule has 0 aliphatic heterocycles. The van der Waals surface area contributed by atoms with Crippen LogP contribution < -0.4 is 15.8 Å². The second-order valence-corrected chi connectivity index (χ2v) is 7.17. The van der Waals surface area contributed by atoms with Gasteiger partial charge in [-0.15, -0.1) is 0 Å². The van der Waals surface area contributed by atoms with Gasteiger partial charge in [0.2, 0.25) is 10.0 Å². The molecule has 0 unspecified atom stereocenters. The number of nitrogen functional groups attached to an aromatic ring is 1. The Morgan fingerprint density at radius 1 is 1.14 bits per heavy atom. The van der Waals surface area contributed by atoms with Gasteiger partial charge in [-0.3, -0.25) is 0 Å². The van der Waals surface area contributed by atoms with Crippen molar-refractivity contribution in [1.82, 2.24) is 4.72 Å². The van der Waals surface area contributed by atoms with Crippen molar-refractivity contribution in [2.24, 2.45) is 0 Å². The highest BCUT2D eigenvalue weighted by atomic mass is 79.9. The van der Waals surface area contributed by atoms with Gasteiger partial charge in [0.15, 0.2) is 0 Å². The molecular weight excluding hydrogens is 354 g/mol. The second-order valence-electron chi connectivity index (χ2n) is 4.52. The fraction of sp³-hybridized carbons (Fsp3) is 0.143. The zero-order chi connectivity index (χ0) is 15.6. The third kappa shape index (κ3) is 3.37. The quantitative estimate of drug-likeness (QED) is 0.723. The molecule has 21 heavy (non-hydrogen) atoms. The number of rotatable bonds is 4. The van der Waals surface area contributed by atoms with E-state index in [2.05, 4.69) is 26.0 Å². The zero-order valence-corrected chi connectivity index (χ0v) is 14.0. The molecule has 0 heterocycles. The van der Waals surface area contributed by atoms with Crippen LogP contribution in [0.2, 0.25) is 0 Å². The summed E-state index contributed by atoms with van der Waals surface area (Å²) in [5.74, 6) is 0. The lowest BCUT2D eigenvalue weighted by molar-refractivity contribution is 0.588. The third-order valence-corrected chi connectivity index (χ3v) is 5.53. The van der Waals surface area contributed by atoms with E-state index in [0.717, 1.165) is 15.7 Å². The molecule has 0 radical (unpaired) electrons. The highest BCUT2D eigenvalue weighted by Crippen LogP contribution is 2.32. The van der Waals surface area contributed by atoms with Crippen LogP contribution in [0.25, 0.3) is 0 Å². The molecule has 0 atom stereocenters. The Bertz CT molecular complexity index is 776. The van der Waals surface area contributed by atoms with Crippen LogP contribution in [0.3, 0.4) is 0 Å². The lowest BCUT2D eigenvalue weighted by Gasteiger charge is -2.14. The largest absolute Gasteiger partial charge is 0.399 e. The van der Waals surface area contributed by atoms with Crippen molar-refractivity contribution in [2.45, 2.75) is 11.8 Å². The first-order valence-corrected chi connectivity index (χ1v) is 8.48. The highest BCUT2D eigenvalue weighted by molar-refractivity contribution is 9.10. The fourth-order valence-electron chi connectivity index (χ4n) is 1.86. The minimum absolute atomic E-state index is 0.110. The fourth-order valence-corrected chi connectivity index (χ4v) is 3.15. The highest BCUT2D eigenvalue weighted by Gasteiger charge is 2.18. The van der Waals surface area contributed by atoms with Gasteiger partial charge in [-0.2, -0.15) is 0 Å². The molecule has 0 fully saturated rings. The van der Waals surface area contributed by atoms with E-state index in [9.17, 15) is 8.42 Å². The lowest BCUT2D eigenvalue weighted by Crippen LogP contribution is -2.20. The number of benzene rings is 2. The SMILES string of the molecule is CNS(=O)(=O)c1cc(N)ccc1Nc1cccc(C)c1Br. The summed E-state index contributed by atoms with van der Waals surface area (Å²) in [4.78, 5) is 0.110. The summed E-state index contributed by atoms with van der Waals surface area (Å²) < 4.78 is 27.4. The Kier molecular flexibility index (Phi) is 4.55. The molecule has 0 saturated carbocycles. The van der Waals surface area contributed by atoms with Crippen LogP contribution >= 0.6 is 15.9 Å². The van der Waals surface area contributed by atoms with Crippen molar-refractivity contribution in [3.63, 3.8) is 0 Å². The van der Waals surface area contributed by atoms with Crippen molar-refractivity contribution >= 4 is 43.0 Å². The van der Waals surface area contributed by atoms with Crippen molar-refractivity contribution in [1.29, 1.82) is 0 Å². The van der Waals surface area contributed by atoms with E-state index in [0.29, 0.717) is 11.4 Å². The van der Waals surface area contributed by atoms with E-state index >= 15 is 0 Å². The first-order valence-electron chi connectivity index (χ1n) is 6.20. The van der Waals surface area contributed by atoms with E-state index in [1.807, 2.05) is 25.1 Å². The van der Waals surface area contributed by atoms with Gasteiger partial charge in [0.1, 0.15) is 4.90 Å². The number of halogens is 1. The summed E-state index contributed by atoms with van der Waals surface area (Å²) in [5, 5.41) is 3.13.